The Bertz CT molecular complexity index is 7110. The minimum absolute atomic E-state index is 0.832. The summed E-state index contributed by atoms with van der Waals surface area (Å²) in [5, 5.41) is 19.1. The lowest BCUT2D eigenvalue weighted by molar-refractivity contribution is 0.669. The SMILES string of the molecule is c1ccc(N(c2ccc(-c3ccc(-c4ccc(N(c5ccccc5-c5cccc6ccccc56)c5cccc6oc7ccccc7c56)c(-c5cc6ccccc6c6ccccc56)c4)c4sc5ccccc5c34)cc2)c2ccccc2-c2cc3ccccc3c3ccccc23)c(-c2cccc3ccccc23)c1. The standard InChI is InChI=1S/C102H64N2OS/c1-5-32-72-65(26-1)30-23-45-80(72)84-40-13-18-47-92(84)103(93-48-19-15-42-86(93)89-62-68-28-3-7-34-74(68)78-36-9-11-38-82(78)89)71-57-54-67(55-58-71)76-59-60-77(102-100(76)88-44-17-22-53-99(88)106-102)70-56-61-95(91(64-70)90-63-69-29-4-8-35-75(69)79-37-10-12-39-83(79)90)104(96-50-25-52-98-101(96)87-43-16-21-51-97(87)105-98)94-49-20-14-41-85(94)81-46-24-31-66-27-2-6-33-73(66)81/h1-64H. The van der Waals surface area contributed by atoms with Crippen molar-refractivity contribution in [3.05, 3.63) is 388 Å². The van der Waals surface area contributed by atoms with Gasteiger partial charge in [0.15, 0.2) is 0 Å². The molecule has 0 atom stereocenters. The molecule has 0 aliphatic carbocycles. The first kappa shape index (κ1) is 61.1. The zero-order valence-electron chi connectivity index (χ0n) is 57.7. The smallest absolute Gasteiger partial charge is 0.137 e. The van der Waals surface area contributed by atoms with Gasteiger partial charge in [-0.25, -0.2) is 0 Å². The summed E-state index contributed by atoms with van der Waals surface area (Å²) in [5.41, 5.74) is 21.9. The molecule has 3 nitrogen and oxygen atoms in total. The van der Waals surface area contributed by atoms with E-state index in [1.165, 1.54) is 107 Å². The summed E-state index contributed by atoms with van der Waals surface area (Å²) in [7, 11) is 0. The van der Waals surface area contributed by atoms with Gasteiger partial charge in [-0.05, 0) is 188 Å². The second kappa shape index (κ2) is 25.1. The van der Waals surface area contributed by atoms with E-state index < -0.39 is 0 Å². The average Bonchev–Trinajstić information content (AvgIpc) is 1.30. The van der Waals surface area contributed by atoms with E-state index in [0.717, 1.165) is 101 Å². The molecule has 0 unspecified atom stereocenters. The van der Waals surface area contributed by atoms with Crippen LogP contribution in [-0.4, -0.2) is 0 Å². The fourth-order valence-electron chi connectivity index (χ4n) is 17.1. The minimum Gasteiger partial charge on any atom is -0.456 e. The van der Waals surface area contributed by atoms with Crippen LogP contribution in [0.3, 0.4) is 0 Å². The second-order valence-corrected chi connectivity index (χ2v) is 28.7. The molecule has 0 amide bonds. The number of para-hydroxylation sites is 4. The largest absolute Gasteiger partial charge is 0.456 e. The number of rotatable bonds is 12. The van der Waals surface area contributed by atoms with Crippen LogP contribution in [0.25, 0.3) is 174 Å². The Morgan fingerprint density at radius 2 is 0.604 bits per heavy atom. The van der Waals surface area contributed by atoms with Gasteiger partial charge in [-0.1, -0.05) is 309 Å². The van der Waals surface area contributed by atoms with Crippen molar-refractivity contribution in [2.45, 2.75) is 0 Å². The molecule has 106 heavy (non-hydrogen) atoms. The van der Waals surface area contributed by atoms with Gasteiger partial charge in [-0.3, -0.25) is 0 Å². The molecule has 0 spiro atoms. The highest BCUT2D eigenvalue weighted by molar-refractivity contribution is 7.26. The van der Waals surface area contributed by atoms with E-state index in [1.54, 1.807) is 0 Å². The maximum Gasteiger partial charge on any atom is 0.137 e. The van der Waals surface area contributed by atoms with Crippen molar-refractivity contribution >= 4 is 152 Å². The summed E-state index contributed by atoms with van der Waals surface area (Å²) < 4.78 is 9.27. The number of hydrogen-bond donors (Lipinski definition) is 0. The van der Waals surface area contributed by atoms with Gasteiger partial charge in [0.05, 0.1) is 33.8 Å². The van der Waals surface area contributed by atoms with E-state index in [2.05, 4.69) is 398 Å². The van der Waals surface area contributed by atoms with Gasteiger partial charge < -0.3 is 14.2 Å². The van der Waals surface area contributed by atoms with Gasteiger partial charge in [0.2, 0.25) is 0 Å². The van der Waals surface area contributed by atoms with Crippen LogP contribution < -0.4 is 9.80 Å². The molecule has 0 saturated heterocycles. The first-order valence-corrected chi connectivity index (χ1v) is 37.2. The fourth-order valence-corrected chi connectivity index (χ4v) is 18.4. The summed E-state index contributed by atoms with van der Waals surface area (Å²) in [4.78, 5) is 5.03. The molecule has 21 aromatic rings. The van der Waals surface area contributed by atoms with Crippen molar-refractivity contribution in [1.29, 1.82) is 0 Å². The van der Waals surface area contributed by atoms with Crippen molar-refractivity contribution in [1.82, 2.24) is 0 Å². The number of fused-ring (bicyclic) bond motifs is 14. The zero-order chi connectivity index (χ0) is 69.8. The Hall–Kier alpha value is -13.6. The third-order valence-electron chi connectivity index (χ3n) is 21.8. The number of furan rings is 1. The number of nitrogens with zero attached hydrogens (tertiary/aromatic N) is 2. The molecule has 2 heterocycles. The maximum absolute atomic E-state index is 6.79. The van der Waals surface area contributed by atoms with Crippen molar-refractivity contribution in [2.75, 3.05) is 9.80 Å². The number of anilines is 6. The van der Waals surface area contributed by atoms with Crippen LogP contribution in [0.4, 0.5) is 34.1 Å². The Morgan fingerprint density at radius 1 is 0.198 bits per heavy atom. The van der Waals surface area contributed by atoms with E-state index in [1.807, 2.05) is 11.3 Å². The Kier molecular flexibility index (Phi) is 14.5. The molecule has 0 aliphatic heterocycles. The molecule has 0 aliphatic rings. The molecule has 0 fully saturated rings. The second-order valence-electron chi connectivity index (χ2n) is 27.6. The molecule has 0 N–H and O–H groups in total. The predicted octanol–water partition coefficient (Wildman–Crippen LogP) is 29.8. The zero-order valence-corrected chi connectivity index (χ0v) is 58.5. The Labute approximate surface area is 617 Å². The average molecular weight is 1370 g/mol. The lowest BCUT2D eigenvalue weighted by Crippen LogP contribution is -2.13. The molecule has 0 saturated carbocycles. The highest BCUT2D eigenvalue weighted by Crippen LogP contribution is 2.55. The van der Waals surface area contributed by atoms with Crippen LogP contribution in [0, 0.1) is 0 Å². The summed E-state index contributed by atoms with van der Waals surface area (Å²) in [6.45, 7) is 0. The first-order chi connectivity index (χ1) is 52.6. The molecule has 21 rings (SSSR count). The normalized spacial score (nSPS) is 11.8. The van der Waals surface area contributed by atoms with E-state index in [0.29, 0.717) is 0 Å². The third-order valence-corrected chi connectivity index (χ3v) is 23.0. The van der Waals surface area contributed by atoms with E-state index in [-0.39, 0.29) is 0 Å². The number of benzene rings is 19. The van der Waals surface area contributed by atoms with Gasteiger partial charge in [0.25, 0.3) is 0 Å². The van der Waals surface area contributed by atoms with Crippen LogP contribution in [0.1, 0.15) is 0 Å². The highest BCUT2D eigenvalue weighted by atomic mass is 32.1. The molecule has 494 valence electrons. The molecular weight excluding hydrogens is 1300 g/mol. The topological polar surface area (TPSA) is 19.6 Å². The van der Waals surface area contributed by atoms with Crippen LogP contribution in [-0.2, 0) is 0 Å². The van der Waals surface area contributed by atoms with Gasteiger partial charge in [0, 0.05) is 53.5 Å². The van der Waals surface area contributed by atoms with Gasteiger partial charge in [-0.15, -0.1) is 11.3 Å². The third kappa shape index (κ3) is 9.94. The van der Waals surface area contributed by atoms with E-state index >= 15 is 0 Å². The van der Waals surface area contributed by atoms with Crippen LogP contribution in [0.5, 0.6) is 0 Å². The van der Waals surface area contributed by atoms with Crippen molar-refractivity contribution in [3.8, 4) is 66.8 Å². The number of thiophene rings is 1. The van der Waals surface area contributed by atoms with E-state index in [4.69, 9.17) is 4.42 Å². The van der Waals surface area contributed by atoms with Crippen LogP contribution >= 0.6 is 11.3 Å². The Morgan fingerprint density at radius 3 is 1.22 bits per heavy atom. The van der Waals surface area contributed by atoms with Crippen molar-refractivity contribution < 1.29 is 4.42 Å². The predicted molar refractivity (Wildman–Crippen MR) is 454 cm³/mol. The van der Waals surface area contributed by atoms with Crippen molar-refractivity contribution in [2.24, 2.45) is 0 Å². The van der Waals surface area contributed by atoms with Gasteiger partial charge in [0.1, 0.15) is 11.2 Å². The lowest BCUT2D eigenvalue weighted by Gasteiger charge is -2.31. The lowest BCUT2D eigenvalue weighted by atomic mass is 9.89. The van der Waals surface area contributed by atoms with Crippen LogP contribution in [0.2, 0.25) is 0 Å². The summed E-state index contributed by atoms with van der Waals surface area (Å²) in [6.07, 6.45) is 0. The van der Waals surface area contributed by atoms with Crippen LogP contribution in [0.15, 0.2) is 393 Å². The molecule has 0 bridgehead atoms. The van der Waals surface area contributed by atoms with Crippen molar-refractivity contribution in [3.63, 3.8) is 0 Å². The summed E-state index contributed by atoms with van der Waals surface area (Å²) in [6, 6.07) is 144. The molecule has 2 aromatic heterocycles. The summed E-state index contributed by atoms with van der Waals surface area (Å²) >= 11 is 1.88. The maximum atomic E-state index is 6.79. The Balaban J connectivity index is 0.775. The van der Waals surface area contributed by atoms with Gasteiger partial charge >= 0.3 is 0 Å². The monoisotopic (exact) mass is 1360 g/mol. The molecule has 4 heteroatoms. The van der Waals surface area contributed by atoms with E-state index in [9.17, 15) is 0 Å². The number of hydrogen-bond acceptors (Lipinski definition) is 4. The highest BCUT2D eigenvalue weighted by Gasteiger charge is 2.29. The fraction of sp³-hybridized carbons (Fsp3) is 0. The molecular formula is C102H64N2OS. The molecule has 0 radical (unpaired) electrons. The quantitative estimate of drug-likeness (QED) is 0.114. The first-order valence-electron chi connectivity index (χ1n) is 36.4. The van der Waals surface area contributed by atoms with Gasteiger partial charge in [-0.2, -0.15) is 0 Å². The summed E-state index contributed by atoms with van der Waals surface area (Å²) in [5.74, 6) is 0. The molecule has 19 aromatic carbocycles. The minimum atomic E-state index is 0.832.